The highest BCUT2D eigenvalue weighted by molar-refractivity contribution is 5.94. The molecule has 0 radical (unpaired) electrons. The van der Waals surface area contributed by atoms with Crippen LogP contribution in [-0.4, -0.2) is 25.7 Å². The number of hydrogen-bond acceptors (Lipinski definition) is 3. The van der Waals surface area contributed by atoms with E-state index in [2.05, 4.69) is 5.32 Å². The highest BCUT2D eigenvalue weighted by atomic mass is 35.5. The molecular weight excluding hydrogens is 240 g/mol. The van der Waals surface area contributed by atoms with Crippen molar-refractivity contribution in [1.29, 1.82) is 0 Å². The Balaban J connectivity index is 0.00000256. The third-order valence-electron chi connectivity index (χ3n) is 2.28. The fraction of sp³-hybridized carbons (Fsp3) is 0.417. The molecule has 0 fully saturated rings. The first-order valence-electron chi connectivity index (χ1n) is 5.19. The van der Waals surface area contributed by atoms with Crippen LogP contribution in [-0.2, 0) is 9.53 Å². The van der Waals surface area contributed by atoms with E-state index in [9.17, 15) is 4.79 Å². The third kappa shape index (κ3) is 4.73. The quantitative estimate of drug-likeness (QED) is 0.863. The van der Waals surface area contributed by atoms with Gasteiger partial charge in [0.15, 0.2) is 0 Å². The van der Waals surface area contributed by atoms with Crippen LogP contribution in [0.4, 0.5) is 5.69 Å². The van der Waals surface area contributed by atoms with E-state index in [0.717, 1.165) is 16.8 Å². The summed E-state index contributed by atoms with van der Waals surface area (Å²) in [5, 5.41) is 2.78. The third-order valence-corrected chi connectivity index (χ3v) is 2.28. The monoisotopic (exact) mass is 258 g/mol. The molecule has 1 atom stereocenters. The van der Waals surface area contributed by atoms with E-state index in [0.29, 0.717) is 0 Å². The van der Waals surface area contributed by atoms with Gasteiger partial charge in [-0.25, -0.2) is 0 Å². The summed E-state index contributed by atoms with van der Waals surface area (Å²) < 4.78 is 4.96. The Hall–Kier alpha value is -1.10. The van der Waals surface area contributed by atoms with Crippen LogP contribution in [0.3, 0.4) is 0 Å². The van der Waals surface area contributed by atoms with Crippen LogP contribution in [0.2, 0.25) is 0 Å². The maximum Gasteiger partial charge on any atom is 0.254 e. The van der Waals surface area contributed by atoms with Gasteiger partial charge in [-0.05, 0) is 37.1 Å². The molecule has 0 aliphatic carbocycles. The first-order chi connectivity index (χ1) is 7.56. The van der Waals surface area contributed by atoms with Crippen molar-refractivity contribution in [2.24, 2.45) is 5.73 Å². The Bertz CT molecular complexity index is 359. The van der Waals surface area contributed by atoms with Gasteiger partial charge in [-0.15, -0.1) is 12.4 Å². The summed E-state index contributed by atoms with van der Waals surface area (Å²) >= 11 is 0. The summed E-state index contributed by atoms with van der Waals surface area (Å²) in [6.45, 7) is 4.14. The Kier molecular flexibility index (Phi) is 6.80. The second-order valence-corrected chi connectivity index (χ2v) is 3.83. The predicted octanol–water partition coefficient (Wildman–Crippen LogP) is 1.64. The summed E-state index contributed by atoms with van der Waals surface area (Å²) in [5.74, 6) is -0.213. The van der Waals surface area contributed by atoms with Crippen LogP contribution in [0.1, 0.15) is 11.1 Å². The van der Waals surface area contributed by atoms with Gasteiger partial charge in [-0.2, -0.15) is 0 Å². The molecule has 17 heavy (non-hydrogen) atoms. The lowest BCUT2D eigenvalue weighted by molar-refractivity contribution is -0.125. The van der Waals surface area contributed by atoms with Gasteiger partial charge >= 0.3 is 0 Å². The molecule has 1 aromatic rings. The minimum Gasteiger partial charge on any atom is -0.370 e. The smallest absolute Gasteiger partial charge is 0.254 e. The summed E-state index contributed by atoms with van der Waals surface area (Å²) in [5.41, 5.74) is 8.40. The Morgan fingerprint density at radius 1 is 1.35 bits per heavy atom. The van der Waals surface area contributed by atoms with Crippen molar-refractivity contribution in [1.82, 2.24) is 0 Å². The van der Waals surface area contributed by atoms with Crippen LogP contribution in [0.15, 0.2) is 18.2 Å². The van der Waals surface area contributed by atoms with E-state index in [1.807, 2.05) is 32.0 Å². The minimum atomic E-state index is -0.596. The lowest BCUT2D eigenvalue weighted by Crippen LogP contribution is -2.35. The van der Waals surface area contributed by atoms with E-state index in [-0.39, 0.29) is 24.9 Å². The molecule has 0 heterocycles. The van der Waals surface area contributed by atoms with Gasteiger partial charge in [-0.3, -0.25) is 4.79 Å². The fourth-order valence-electron chi connectivity index (χ4n) is 1.58. The number of ether oxygens (including phenoxy) is 1. The first kappa shape index (κ1) is 15.9. The Morgan fingerprint density at radius 3 is 2.29 bits per heavy atom. The highest BCUT2D eigenvalue weighted by Gasteiger charge is 2.15. The second-order valence-electron chi connectivity index (χ2n) is 3.83. The molecule has 1 unspecified atom stereocenters. The Labute approximate surface area is 108 Å². The van der Waals surface area contributed by atoms with E-state index >= 15 is 0 Å². The van der Waals surface area contributed by atoms with Gasteiger partial charge in [0.2, 0.25) is 0 Å². The number of nitrogens with one attached hydrogen (secondary N) is 1. The molecular formula is C12H19ClN2O2. The van der Waals surface area contributed by atoms with E-state index in [1.165, 1.54) is 7.11 Å². The molecule has 0 saturated carbocycles. The van der Waals surface area contributed by atoms with Crippen LogP contribution in [0, 0.1) is 13.8 Å². The molecule has 0 aromatic heterocycles. The number of benzene rings is 1. The number of hydrogen-bond donors (Lipinski definition) is 2. The van der Waals surface area contributed by atoms with Crippen LogP contribution >= 0.6 is 12.4 Å². The van der Waals surface area contributed by atoms with Crippen molar-refractivity contribution >= 4 is 24.0 Å². The van der Waals surface area contributed by atoms with Crippen LogP contribution in [0.25, 0.3) is 0 Å². The van der Waals surface area contributed by atoms with Crippen LogP contribution < -0.4 is 11.1 Å². The van der Waals surface area contributed by atoms with Crippen molar-refractivity contribution in [3.05, 3.63) is 29.3 Å². The second kappa shape index (κ2) is 7.27. The maximum absolute atomic E-state index is 11.7. The molecule has 0 aliphatic rings. The molecule has 1 rings (SSSR count). The molecule has 3 N–H and O–H groups in total. The summed E-state index contributed by atoms with van der Waals surface area (Å²) in [6, 6.07) is 5.87. The van der Waals surface area contributed by atoms with Gasteiger partial charge in [-0.1, -0.05) is 6.07 Å². The fourth-order valence-corrected chi connectivity index (χ4v) is 1.58. The first-order valence-corrected chi connectivity index (χ1v) is 5.19. The highest BCUT2D eigenvalue weighted by Crippen LogP contribution is 2.14. The van der Waals surface area contributed by atoms with Crippen LogP contribution in [0.5, 0.6) is 0 Å². The molecule has 0 spiro atoms. The lowest BCUT2D eigenvalue weighted by Gasteiger charge is -2.13. The number of carbonyl (C=O) groups is 1. The van der Waals surface area contributed by atoms with Gasteiger partial charge in [0.1, 0.15) is 6.10 Å². The average Bonchev–Trinajstić information content (AvgIpc) is 2.17. The number of amides is 1. The number of carbonyl (C=O) groups excluding carboxylic acids is 1. The molecule has 5 heteroatoms. The van der Waals surface area contributed by atoms with E-state index in [4.69, 9.17) is 10.5 Å². The average molecular weight is 259 g/mol. The van der Waals surface area contributed by atoms with E-state index in [1.54, 1.807) is 0 Å². The SMILES string of the molecule is COC(CN)C(=O)Nc1cc(C)cc(C)c1.Cl. The van der Waals surface area contributed by atoms with Gasteiger partial charge in [0, 0.05) is 19.3 Å². The standard InChI is InChI=1S/C12H18N2O2.ClH/c1-8-4-9(2)6-10(5-8)14-12(15)11(7-13)16-3;/h4-6,11H,7,13H2,1-3H3,(H,14,15);1H. The number of nitrogens with two attached hydrogens (primary N) is 1. The molecule has 96 valence electrons. The number of halogens is 1. The molecule has 1 aromatic carbocycles. The lowest BCUT2D eigenvalue weighted by atomic mass is 10.1. The largest absolute Gasteiger partial charge is 0.370 e. The molecule has 0 aliphatic heterocycles. The van der Waals surface area contributed by atoms with Crippen molar-refractivity contribution in [3.8, 4) is 0 Å². The summed E-state index contributed by atoms with van der Waals surface area (Å²) in [7, 11) is 1.47. The van der Waals surface area contributed by atoms with Crippen molar-refractivity contribution in [2.45, 2.75) is 20.0 Å². The zero-order chi connectivity index (χ0) is 12.1. The van der Waals surface area contributed by atoms with E-state index < -0.39 is 6.10 Å². The predicted molar refractivity (Wildman–Crippen MR) is 71.6 cm³/mol. The van der Waals surface area contributed by atoms with Gasteiger partial charge in [0.25, 0.3) is 5.91 Å². The van der Waals surface area contributed by atoms with Crippen molar-refractivity contribution in [3.63, 3.8) is 0 Å². The number of anilines is 1. The molecule has 0 saturated heterocycles. The van der Waals surface area contributed by atoms with Gasteiger partial charge in [0.05, 0.1) is 0 Å². The van der Waals surface area contributed by atoms with Crippen molar-refractivity contribution in [2.75, 3.05) is 19.0 Å². The minimum absolute atomic E-state index is 0. The molecule has 0 bridgehead atoms. The number of aryl methyl sites for hydroxylation is 2. The summed E-state index contributed by atoms with van der Waals surface area (Å²) in [4.78, 5) is 11.7. The maximum atomic E-state index is 11.7. The molecule has 4 nitrogen and oxygen atoms in total. The number of methoxy groups -OCH3 is 1. The zero-order valence-electron chi connectivity index (χ0n) is 10.3. The van der Waals surface area contributed by atoms with Gasteiger partial charge < -0.3 is 15.8 Å². The topological polar surface area (TPSA) is 64.3 Å². The number of rotatable bonds is 4. The van der Waals surface area contributed by atoms with Crippen molar-refractivity contribution < 1.29 is 9.53 Å². The Morgan fingerprint density at radius 2 is 1.88 bits per heavy atom. The normalized spacial score (nSPS) is 11.5. The zero-order valence-corrected chi connectivity index (χ0v) is 11.1. The summed E-state index contributed by atoms with van der Waals surface area (Å²) in [6.07, 6.45) is -0.596. The molecule has 1 amide bonds.